The number of nitrogens with one attached hydrogen (secondary N) is 1. The third-order valence-electron chi connectivity index (χ3n) is 2.88. The van der Waals surface area contributed by atoms with Crippen molar-refractivity contribution in [2.24, 2.45) is 11.8 Å². The number of anilines is 1. The summed E-state index contributed by atoms with van der Waals surface area (Å²) >= 11 is 18.2. The van der Waals surface area contributed by atoms with Gasteiger partial charge in [0.05, 0.1) is 20.8 Å². The van der Waals surface area contributed by atoms with Gasteiger partial charge in [0.2, 0.25) is 0 Å². The zero-order valence-corrected chi connectivity index (χ0v) is 14.2. The van der Waals surface area contributed by atoms with E-state index in [4.69, 9.17) is 34.8 Å². The van der Waals surface area contributed by atoms with Crippen molar-refractivity contribution in [3.05, 3.63) is 27.2 Å². The molecule has 1 nitrogen and oxygen atoms in total. The summed E-state index contributed by atoms with van der Waals surface area (Å²) in [6.45, 7) is 8.91. The first-order chi connectivity index (χ1) is 8.79. The Morgan fingerprint density at radius 3 is 1.79 bits per heavy atom. The fraction of sp³-hybridized carbons (Fsp3) is 0.600. The molecule has 0 unspecified atom stereocenters. The van der Waals surface area contributed by atoms with Gasteiger partial charge in [-0.05, 0) is 36.8 Å². The summed E-state index contributed by atoms with van der Waals surface area (Å²) in [5.74, 6) is 1.27. The molecule has 1 aromatic carbocycles. The van der Waals surface area contributed by atoms with Gasteiger partial charge in [-0.25, -0.2) is 0 Å². The van der Waals surface area contributed by atoms with Gasteiger partial charge < -0.3 is 5.32 Å². The molecular weight excluding hydrogens is 301 g/mol. The average Bonchev–Trinajstić information content (AvgIpc) is 2.23. The molecule has 0 heterocycles. The van der Waals surface area contributed by atoms with Crippen molar-refractivity contribution >= 4 is 40.5 Å². The molecule has 0 radical (unpaired) electrons. The van der Waals surface area contributed by atoms with Gasteiger partial charge in [-0.1, -0.05) is 62.5 Å². The lowest BCUT2D eigenvalue weighted by Crippen LogP contribution is -2.23. The van der Waals surface area contributed by atoms with Crippen molar-refractivity contribution in [3.8, 4) is 0 Å². The van der Waals surface area contributed by atoms with E-state index in [0.29, 0.717) is 32.9 Å². The minimum Gasteiger partial charge on any atom is -0.381 e. The van der Waals surface area contributed by atoms with E-state index in [9.17, 15) is 0 Å². The Labute approximate surface area is 131 Å². The quantitative estimate of drug-likeness (QED) is 0.588. The molecule has 0 aliphatic rings. The molecule has 108 valence electrons. The molecule has 0 spiro atoms. The second-order valence-corrected chi connectivity index (χ2v) is 7.07. The number of hydrogen-bond acceptors (Lipinski definition) is 1. The van der Waals surface area contributed by atoms with E-state index >= 15 is 0 Å². The highest BCUT2D eigenvalue weighted by Gasteiger charge is 2.15. The van der Waals surface area contributed by atoms with Crippen LogP contribution in [0.1, 0.15) is 40.5 Å². The Kier molecular flexibility index (Phi) is 6.79. The molecule has 0 atom stereocenters. The van der Waals surface area contributed by atoms with Gasteiger partial charge in [0.15, 0.2) is 0 Å². The van der Waals surface area contributed by atoms with E-state index in [0.717, 1.165) is 18.5 Å². The molecule has 1 N–H and O–H groups in total. The highest BCUT2D eigenvalue weighted by atomic mass is 35.5. The van der Waals surface area contributed by atoms with E-state index in [1.54, 1.807) is 12.1 Å². The van der Waals surface area contributed by atoms with Crippen LogP contribution in [-0.2, 0) is 0 Å². The van der Waals surface area contributed by atoms with Gasteiger partial charge in [0, 0.05) is 6.04 Å². The minimum atomic E-state index is 0.398. The van der Waals surface area contributed by atoms with Crippen molar-refractivity contribution in [2.75, 3.05) is 5.32 Å². The molecule has 4 heteroatoms. The molecule has 19 heavy (non-hydrogen) atoms. The second-order valence-electron chi connectivity index (χ2n) is 5.85. The second kappa shape index (κ2) is 7.61. The zero-order valence-electron chi connectivity index (χ0n) is 11.9. The molecule has 0 aliphatic carbocycles. The van der Waals surface area contributed by atoms with E-state index in [1.165, 1.54) is 0 Å². The Hall–Kier alpha value is -0.110. The van der Waals surface area contributed by atoms with Crippen LogP contribution in [0.25, 0.3) is 0 Å². The summed E-state index contributed by atoms with van der Waals surface area (Å²) in [4.78, 5) is 0. The molecule has 0 aromatic heterocycles. The highest BCUT2D eigenvalue weighted by Crippen LogP contribution is 2.33. The summed E-state index contributed by atoms with van der Waals surface area (Å²) in [5, 5.41) is 5.14. The minimum absolute atomic E-state index is 0.398. The molecule has 0 saturated heterocycles. The van der Waals surface area contributed by atoms with Crippen molar-refractivity contribution in [1.82, 2.24) is 0 Å². The first kappa shape index (κ1) is 16.9. The van der Waals surface area contributed by atoms with Gasteiger partial charge in [-0.15, -0.1) is 0 Å². The van der Waals surface area contributed by atoms with E-state index in [-0.39, 0.29) is 0 Å². The summed E-state index contributed by atoms with van der Waals surface area (Å²) in [6, 6.07) is 3.89. The van der Waals surface area contributed by atoms with Gasteiger partial charge >= 0.3 is 0 Å². The molecule has 0 aliphatic heterocycles. The summed E-state index contributed by atoms with van der Waals surface area (Å²) in [6.07, 6.45) is 2.21. The van der Waals surface area contributed by atoms with Crippen molar-refractivity contribution in [1.29, 1.82) is 0 Å². The normalized spacial score (nSPS) is 11.7. The van der Waals surface area contributed by atoms with Crippen LogP contribution >= 0.6 is 34.8 Å². The SMILES string of the molecule is CC(C)CC(CC(C)C)Nc1cc(Cl)c(Cl)cc1Cl. The highest BCUT2D eigenvalue weighted by molar-refractivity contribution is 6.44. The van der Waals surface area contributed by atoms with Gasteiger partial charge in [-0.2, -0.15) is 0 Å². The topological polar surface area (TPSA) is 12.0 Å². The average molecular weight is 323 g/mol. The predicted octanol–water partition coefficient (Wildman–Crippen LogP) is 6.52. The molecule has 0 fully saturated rings. The first-order valence-electron chi connectivity index (χ1n) is 6.70. The summed E-state index contributed by atoms with van der Waals surface area (Å²) in [5.41, 5.74) is 0.863. The predicted molar refractivity (Wildman–Crippen MR) is 87.8 cm³/mol. The maximum Gasteiger partial charge on any atom is 0.0653 e. The standard InChI is InChI=1S/C15H22Cl3N/c1-9(2)5-11(6-10(3)4)19-15-8-13(17)12(16)7-14(15)18/h7-11,19H,5-6H2,1-4H3. The first-order valence-corrected chi connectivity index (χ1v) is 7.84. The maximum absolute atomic E-state index is 6.21. The fourth-order valence-electron chi connectivity index (χ4n) is 2.21. The lowest BCUT2D eigenvalue weighted by Gasteiger charge is -2.24. The van der Waals surface area contributed by atoms with Gasteiger partial charge in [-0.3, -0.25) is 0 Å². The van der Waals surface area contributed by atoms with Gasteiger partial charge in [0.25, 0.3) is 0 Å². The van der Waals surface area contributed by atoms with Crippen LogP contribution in [0.4, 0.5) is 5.69 Å². The van der Waals surface area contributed by atoms with Crippen molar-refractivity contribution < 1.29 is 0 Å². The summed E-state index contributed by atoms with van der Waals surface area (Å²) < 4.78 is 0. The van der Waals surface area contributed by atoms with Crippen molar-refractivity contribution in [3.63, 3.8) is 0 Å². The van der Waals surface area contributed by atoms with Crippen LogP contribution in [0.15, 0.2) is 12.1 Å². The van der Waals surface area contributed by atoms with E-state index in [1.807, 2.05) is 0 Å². The molecule has 0 bridgehead atoms. The van der Waals surface area contributed by atoms with Crippen LogP contribution in [0, 0.1) is 11.8 Å². The van der Waals surface area contributed by atoms with Crippen LogP contribution in [0.5, 0.6) is 0 Å². The molecule has 0 saturated carbocycles. The van der Waals surface area contributed by atoms with Gasteiger partial charge in [0.1, 0.15) is 0 Å². The Morgan fingerprint density at radius 2 is 1.32 bits per heavy atom. The Morgan fingerprint density at radius 1 is 0.842 bits per heavy atom. The van der Waals surface area contributed by atoms with Crippen LogP contribution in [-0.4, -0.2) is 6.04 Å². The van der Waals surface area contributed by atoms with E-state index in [2.05, 4.69) is 33.0 Å². The van der Waals surface area contributed by atoms with E-state index < -0.39 is 0 Å². The maximum atomic E-state index is 6.21. The molecule has 0 amide bonds. The van der Waals surface area contributed by atoms with Crippen LogP contribution in [0.3, 0.4) is 0 Å². The zero-order chi connectivity index (χ0) is 14.6. The smallest absolute Gasteiger partial charge is 0.0653 e. The third kappa shape index (κ3) is 5.81. The van der Waals surface area contributed by atoms with Crippen molar-refractivity contribution in [2.45, 2.75) is 46.6 Å². The van der Waals surface area contributed by atoms with Crippen LogP contribution < -0.4 is 5.32 Å². The van der Waals surface area contributed by atoms with Crippen LogP contribution in [0.2, 0.25) is 15.1 Å². The number of halogens is 3. The lowest BCUT2D eigenvalue weighted by atomic mass is 9.95. The largest absolute Gasteiger partial charge is 0.381 e. The monoisotopic (exact) mass is 321 g/mol. The summed E-state index contributed by atoms with van der Waals surface area (Å²) in [7, 11) is 0. The Bertz CT molecular complexity index is 406. The number of hydrogen-bond donors (Lipinski definition) is 1. The number of rotatable bonds is 6. The Balaban J connectivity index is 2.86. The molecular formula is C15H22Cl3N. The number of benzene rings is 1. The third-order valence-corrected chi connectivity index (χ3v) is 3.92. The fourth-order valence-corrected chi connectivity index (χ4v) is 2.81. The molecule has 1 rings (SSSR count). The molecule has 1 aromatic rings. The lowest BCUT2D eigenvalue weighted by molar-refractivity contribution is 0.442.